The van der Waals surface area contributed by atoms with Crippen LogP contribution in [0.4, 0.5) is 0 Å². The van der Waals surface area contributed by atoms with Crippen LogP contribution in [0.25, 0.3) is 177 Å². The van der Waals surface area contributed by atoms with Crippen molar-refractivity contribution in [1.29, 1.82) is 0 Å². The molecule has 12 aromatic carbocycles. The summed E-state index contributed by atoms with van der Waals surface area (Å²) < 4.78 is 510. The molecule has 20 aromatic rings. The molecule has 0 bridgehead atoms. The van der Waals surface area contributed by atoms with Gasteiger partial charge in [-0.2, -0.15) is 0 Å². The lowest BCUT2D eigenvalue weighted by atomic mass is 9.63. The van der Waals surface area contributed by atoms with Crippen molar-refractivity contribution in [3.8, 4) is 89.5 Å². The highest BCUT2D eigenvalue weighted by Crippen LogP contribution is 2.62. The maximum atomic E-state index is 9.72. The minimum atomic E-state index is -4.07. The predicted octanol–water partition coefficient (Wildman–Crippen LogP) is 32.6. The summed E-state index contributed by atoms with van der Waals surface area (Å²) in [5.74, 6) is -14.2. The highest BCUT2D eigenvalue weighted by molar-refractivity contribution is 6.18. The van der Waals surface area contributed by atoms with Crippen molar-refractivity contribution in [3.63, 3.8) is 0 Å². The normalized spacial score (nSPS) is 25.4. The van der Waals surface area contributed by atoms with Gasteiger partial charge in [-0.25, -0.2) is 18.3 Å². The molecule has 24 rings (SSSR count). The van der Waals surface area contributed by atoms with E-state index >= 15 is 0 Å². The van der Waals surface area contributed by atoms with Crippen molar-refractivity contribution >= 4 is 87.8 Å². The van der Waals surface area contributed by atoms with Crippen LogP contribution in [-0.4, -0.2) is 0 Å². The summed E-state index contributed by atoms with van der Waals surface area (Å²) in [4.78, 5) is 0. The van der Waals surface area contributed by atoms with Gasteiger partial charge < -0.3 is 17.7 Å². The van der Waals surface area contributed by atoms with Gasteiger partial charge in [-0.1, -0.05) is 258 Å². The number of hydrogen-bond acceptors (Lipinski definition) is 4. The molecule has 8 heterocycles. The number of furan rings is 4. The molecule has 8 heteroatoms. The fourth-order valence-corrected chi connectivity index (χ4v) is 22.1. The van der Waals surface area contributed by atoms with Gasteiger partial charge in [-0.3, -0.25) is 0 Å². The van der Waals surface area contributed by atoms with E-state index in [9.17, 15) is 8.22 Å². The highest BCUT2D eigenvalue weighted by Gasteiger charge is 2.50. The van der Waals surface area contributed by atoms with Crippen LogP contribution in [0.3, 0.4) is 0 Å². The van der Waals surface area contributed by atoms with Crippen molar-refractivity contribution < 1.29 is 114 Å². The van der Waals surface area contributed by atoms with Gasteiger partial charge in [0.05, 0.1) is 22.3 Å². The van der Waals surface area contributed by atoms with Crippen molar-refractivity contribution in [3.05, 3.63) is 354 Å². The minimum Gasteiger partial charge on any atom is -0.455 e. The summed E-state index contributed by atoms with van der Waals surface area (Å²) in [6.07, 6.45) is -0.304. The molecule has 0 saturated heterocycles. The van der Waals surface area contributed by atoms with E-state index in [4.69, 9.17) is 87.6 Å². The standard InChI is InChI=1S/C36H40NO.C34H36NO.2C30H28NO/c1-21(2)18-36(19-22(3)4)29-12-10-9-11-28(29)33-30(36)16-15-27-26-14-13-23(5)32(34(26)38-35(27)33)31-17-24(6)25(7)20-37(31)8;1-19(2)34(20(3)4)27-12-10-9-11-26(27)31-28(34)16-15-25-24-14-13-21(5)30(32(24)36-33(25)31)29-17-22(6)23(7)18-35(29)8;1-17-11-12-21-23-14-25-22(20-9-7-8-10-24(20)30(25,4)5)15-27(23)32-29(21)28(17)26-13-18(2)19(3)16-31(26)6;1-17-11-12-22-23-14-13-21-20-9-7-8-10-24(20)30(4,5)27(21)29(23)32-28(22)26(17)25-15-18(2)19(3)16-31(25)6/h9-17,20-22H,18-19H2,1-8H3;9-20H,1-8H3;2*7-16H,1-6H3/q4*+1/i1D3,2D3,3D3,4D3,6D3,7D3,18D2,21D,22D;1D3,2D3,3D3,6D3,7D3,19D,20D;2*2D3,3D3,4D3. The number of hydrogen-bond donors (Lipinski definition) is 0. The molecule has 5 unspecified atom stereocenters. The van der Waals surface area contributed by atoms with Crippen LogP contribution in [0.5, 0.6) is 0 Å². The molecule has 0 aliphatic heterocycles. The monoisotopic (exact) mass is 1870 g/mol. The Labute approximate surface area is 894 Å². The Hall–Kier alpha value is -13.6. The van der Waals surface area contributed by atoms with E-state index in [1.54, 1.807) is 94.4 Å². The molecular formula is C130H132N4O4+4. The highest BCUT2D eigenvalue weighted by atomic mass is 16.3. The Bertz CT molecular complexity index is 11000. The number of rotatable bonds is 10. The van der Waals surface area contributed by atoms with Crippen LogP contribution >= 0.6 is 0 Å². The first-order valence-corrected chi connectivity index (χ1v) is 44.9. The lowest BCUT2D eigenvalue weighted by Crippen LogP contribution is -2.37. The van der Waals surface area contributed by atoms with E-state index in [1.165, 1.54) is 126 Å². The van der Waals surface area contributed by atoms with Crippen LogP contribution < -0.4 is 18.3 Å². The van der Waals surface area contributed by atoms with Crippen LogP contribution in [-0.2, 0) is 49.9 Å². The molecule has 4 aliphatic rings. The Balaban J connectivity index is 0.000000145. The second-order valence-electron chi connectivity index (χ2n) is 37.1. The number of nitrogens with zero attached hydrogens (tertiary/aromatic N) is 4. The molecule has 138 heavy (non-hydrogen) atoms. The molecule has 0 amide bonds. The van der Waals surface area contributed by atoms with Crippen LogP contribution in [0.15, 0.2) is 261 Å². The second kappa shape index (κ2) is 33.1. The lowest BCUT2D eigenvalue weighted by molar-refractivity contribution is -0.660. The van der Waals surface area contributed by atoms with E-state index in [0.717, 1.165) is 67.4 Å². The Morgan fingerprint density at radius 2 is 0.659 bits per heavy atom. The molecule has 0 saturated carbocycles. The van der Waals surface area contributed by atoms with E-state index in [0.29, 0.717) is 111 Å². The van der Waals surface area contributed by atoms with E-state index < -0.39 is 186 Å². The topological polar surface area (TPSA) is 68.1 Å². The van der Waals surface area contributed by atoms with Gasteiger partial charge in [0.1, 0.15) is 72.9 Å². The zero-order chi connectivity index (χ0) is 145. The predicted molar refractivity (Wildman–Crippen MR) is 574 cm³/mol. The third-order valence-electron chi connectivity index (χ3n) is 28.6. The molecule has 0 radical (unpaired) electrons. The fraction of sp³-hybridized carbons (Fsp3) is 0.292. The third-order valence-corrected chi connectivity index (χ3v) is 28.6. The van der Waals surface area contributed by atoms with Crippen LogP contribution in [0.1, 0.15) is 285 Å². The SMILES string of the molecule is [2H]C([2H])([2H])c1cc(-c2c(C)ccc3c2oc2c4c(ccc23)-c2ccccc2C4(C)C([2H])([2H])[2H])[n+](C)cc1C([2H])([2H])[2H].[2H]C([2H])([2H])c1cc(-c2c(C)ccc3c2oc2c4c(ccc23)C(C([2H])(C)C([2H])([2H])[2H])(C([2H])(C([2H])([2H])[2H])C([2H])([2H])[2H])c2ccccc2-4)[n+](C)cc1C([2H])([2H])[2H].[2H]C([2H])([2H])c1cc(-c2c(C)ccc3c2oc2c4c(ccc23)C(CC([2H])(C([2H])([2H])[2H])C([2H])([2H])[2H])(C([2H])([2H])C([2H])(C([2H])([2H])[2H])C([2H])([2H])[2H])c2ccccc2-4)[n+](C)cc1C([2H])([2H])[2H].[2H]C([2H])([2H])c1cc(-c2c(C)ccc3c2oc2cc4c(cc23)C(C)(C([2H])([2H])[2H])c2ccccc2-4)[n+](C)cc1C([2H])([2H])[2H]. The number of fused-ring (bicyclic) bond motifs is 27. The summed E-state index contributed by atoms with van der Waals surface area (Å²) in [5, 5.41) is 4.69. The molecule has 8 nitrogen and oxygen atoms in total. The molecule has 5 atom stereocenters. The molecular weight excluding hydrogens is 1680 g/mol. The van der Waals surface area contributed by atoms with Crippen molar-refractivity contribution in [2.75, 3.05) is 0 Å². The fourth-order valence-electron chi connectivity index (χ4n) is 22.1. The smallest absolute Gasteiger partial charge is 0.216 e. The Morgan fingerprint density at radius 1 is 0.297 bits per heavy atom. The number of aryl methyl sites for hydroxylation is 16. The molecule has 4 aliphatic carbocycles. The maximum Gasteiger partial charge on any atom is 0.216 e. The van der Waals surface area contributed by atoms with Gasteiger partial charge in [0, 0.05) is 206 Å². The van der Waals surface area contributed by atoms with Gasteiger partial charge in [0.2, 0.25) is 22.8 Å². The van der Waals surface area contributed by atoms with Crippen molar-refractivity contribution in [2.45, 2.75) is 199 Å². The van der Waals surface area contributed by atoms with Gasteiger partial charge in [0.25, 0.3) is 0 Å². The van der Waals surface area contributed by atoms with Gasteiger partial charge in [-0.05, 0) is 254 Å². The van der Waals surface area contributed by atoms with Crippen molar-refractivity contribution in [1.82, 2.24) is 0 Å². The molecule has 692 valence electrons. The lowest BCUT2D eigenvalue weighted by Gasteiger charge is -2.40. The number of benzene rings is 12. The first-order valence-electron chi connectivity index (χ1n) is 73.4. The second-order valence-corrected chi connectivity index (χ2v) is 37.1. The molecule has 0 spiro atoms. The Kier molecular flexibility index (Phi) is 11.2. The zero-order valence-corrected chi connectivity index (χ0v) is 77.2. The average Bonchev–Trinajstić information content (AvgIpc) is 1.47. The van der Waals surface area contributed by atoms with Gasteiger partial charge in [-0.15, -0.1) is 0 Å². The maximum absolute atomic E-state index is 9.72. The third kappa shape index (κ3) is 13.7. The van der Waals surface area contributed by atoms with Crippen molar-refractivity contribution in [2.24, 2.45) is 51.8 Å². The largest absolute Gasteiger partial charge is 0.455 e. The molecule has 8 aromatic heterocycles. The summed E-state index contributed by atoms with van der Waals surface area (Å²) in [6.45, 7) is -40.7. The van der Waals surface area contributed by atoms with E-state index in [1.807, 2.05) is 111 Å². The number of aromatic nitrogens is 4. The van der Waals surface area contributed by atoms with Crippen LogP contribution in [0, 0.1) is 106 Å². The first-order chi connectivity index (χ1) is 88.8. The average molecular weight is 1870 g/mol. The van der Waals surface area contributed by atoms with Gasteiger partial charge >= 0.3 is 0 Å². The summed E-state index contributed by atoms with van der Waals surface area (Å²) >= 11 is 0. The van der Waals surface area contributed by atoms with E-state index in [2.05, 4.69) is 0 Å². The van der Waals surface area contributed by atoms with Crippen LogP contribution in [0.2, 0.25) is 0 Å². The number of pyridine rings is 4. The summed E-state index contributed by atoms with van der Waals surface area (Å²) in [5.41, 5.74) is 3.42. The Morgan fingerprint density at radius 3 is 1.11 bits per heavy atom. The minimum absolute atomic E-state index is 0.0195. The zero-order valence-electron chi connectivity index (χ0n) is 134. The first kappa shape index (κ1) is 46.7. The van der Waals surface area contributed by atoms with E-state index in [-0.39, 0.29) is 106 Å². The quantitative estimate of drug-likeness (QED) is 0.128. The van der Waals surface area contributed by atoms with Gasteiger partial charge in [0.15, 0.2) is 24.8 Å². The summed E-state index contributed by atoms with van der Waals surface area (Å²) in [6, 6.07) is 59.7. The molecule has 0 N–H and O–H groups in total. The molecule has 0 fully saturated rings. The summed E-state index contributed by atoms with van der Waals surface area (Å²) in [7, 11) is 6.44.